The van der Waals surface area contributed by atoms with Crippen molar-refractivity contribution < 1.29 is 23.9 Å². The Bertz CT molecular complexity index is 499. The van der Waals surface area contributed by atoms with Gasteiger partial charge < -0.3 is 9.47 Å². The minimum atomic E-state index is -1.44. The normalized spacial score (nSPS) is 38.9. The summed E-state index contributed by atoms with van der Waals surface area (Å²) in [6, 6.07) is 0. The molecule has 0 aromatic rings. The van der Waals surface area contributed by atoms with Gasteiger partial charge in [-0.2, -0.15) is 0 Å². The Labute approximate surface area is 138 Å². The third kappa shape index (κ3) is 2.39. The number of alkyl halides is 1. The van der Waals surface area contributed by atoms with Gasteiger partial charge in [0.15, 0.2) is 5.78 Å². The average Bonchev–Trinajstić information content (AvgIpc) is 2.44. The first-order valence-corrected chi connectivity index (χ1v) is 8.51. The summed E-state index contributed by atoms with van der Waals surface area (Å²) < 4.78 is 9.33. The molecule has 5 nitrogen and oxygen atoms in total. The van der Waals surface area contributed by atoms with Crippen LogP contribution in [-0.2, 0) is 23.9 Å². The van der Waals surface area contributed by atoms with E-state index in [9.17, 15) is 14.4 Å². The van der Waals surface area contributed by atoms with Crippen LogP contribution in [0.25, 0.3) is 0 Å². The fourth-order valence-electron chi connectivity index (χ4n) is 5.29. The predicted molar refractivity (Wildman–Crippen MR) is 81.3 cm³/mol. The SMILES string of the molecule is COC(=O)C(C(=O)OC)C(=O)C12C[C@@H]3C[C@@H](CC(Br)(C3)C1)C2. The van der Waals surface area contributed by atoms with Crippen molar-refractivity contribution >= 4 is 33.7 Å². The monoisotopic (exact) mass is 372 g/mol. The molecule has 0 aliphatic heterocycles. The Hall–Kier alpha value is -0.910. The summed E-state index contributed by atoms with van der Waals surface area (Å²) in [5.74, 6) is -2.36. The van der Waals surface area contributed by atoms with E-state index < -0.39 is 23.3 Å². The minimum absolute atomic E-state index is 0.0104. The van der Waals surface area contributed by atoms with Gasteiger partial charge in [-0.25, -0.2) is 0 Å². The van der Waals surface area contributed by atoms with E-state index in [-0.39, 0.29) is 10.1 Å². The van der Waals surface area contributed by atoms with Crippen LogP contribution in [0.2, 0.25) is 0 Å². The summed E-state index contributed by atoms with van der Waals surface area (Å²) in [6.45, 7) is 0. The maximum absolute atomic E-state index is 13.1. The number of rotatable bonds is 4. The van der Waals surface area contributed by atoms with Crippen LogP contribution in [0.5, 0.6) is 0 Å². The molecule has 0 saturated heterocycles. The lowest BCUT2D eigenvalue weighted by atomic mass is 9.47. The van der Waals surface area contributed by atoms with Gasteiger partial charge in [-0.05, 0) is 50.4 Å². The van der Waals surface area contributed by atoms with E-state index in [2.05, 4.69) is 25.4 Å². The Balaban J connectivity index is 1.93. The second-order valence-corrected chi connectivity index (χ2v) is 8.92. The van der Waals surface area contributed by atoms with Crippen LogP contribution in [0.1, 0.15) is 38.5 Å². The summed E-state index contributed by atoms with van der Waals surface area (Å²) in [4.78, 5) is 37.1. The lowest BCUT2D eigenvalue weighted by Crippen LogP contribution is -2.58. The molecule has 0 aromatic heterocycles. The molecular weight excluding hydrogens is 352 g/mol. The van der Waals surface area contributed by atoms with Crippen molar-refractivity contribution in [1.82, 2.24) is 0 Å². The Morgan fingerprint density at radius 3 is 1.91 bits per heavy atom. The van der Waals surface area contributed by atoms with E-state index in [0.29, 0.717) is 18.3 Å². The van der Waals surface area contributed by atoms with Crippen LogP contribution < -0.4 is 0 Å². The van der Waals surface area contributed by atoms with Gasteiger partial charge in [0.25, 0.3) is 0 Å². The van der Waals surface area contributed by atoms with Crippen molar-refractivity contribution in [3.05, 3.63) is 0 Å². The molecule has 0 spiro atoms. The molecule has 4 atom stereocenters. The highest BCUT2D eigenvalue weighted by atomic mass is 79.9. The maximum Gasteiger partial charge on any atom is 0.327 e. The molecule has 122 valence electrons. The molecular formula is C16H21BrO5. The molecule has 4 fully saturated rings. The third-order valence-corrected chi connectivity index (χ3v) is 6.58. The van der Waals surface area contributed by atoms with Gasteiger partial charge in [-0.15, -0.1) is 0 Å². The summed E-state index contributed by atoms with van der Waals surface area (Å²) in [6.07, 6.45) is 5.58. The van der Waals surface area contributed by atoms with Crippen molar-refractivity contribution in [2.24, 2.45) is 23.2 Å². The Morgan fingerprint density at radius 2 is 1.50 bits per heavy atom. The van der Waals surface area contributed by atoms with E-state index in [1.54, 1.807) is 0 Å². The number of hydrogen-bond donors (Lipinski definition) is 0. The summed E-state index contributed by atoms with van der Waals surface area (Å²) >= 11 is 3.83. The zero-order valence-corrected chi connectivity index (χ0v) is 14.5. The minimum Gasteiger partial charge on any atom is -0.468 e. The highest BCUT2D eigenvalue weighted by molar-refractivity contribution is 9.10. The van der Waals surface area contributed by atoms with E-state index >= 15 is 0 Å². The quantitative estimate of drug-likeness (QED) is 0.430. The summed E-state index contributed by atoms with van der Waals surface area (Å²) in [5.41, 5.74) is -0.583. The first kappa shape index (κ1) is 16.0. The van der Waals surface area contributed by atoms with E-state index in [0.717, 1.165) is 32.1 Å². The molecule has 4 aliphatic carbocycles. The molecule has 2 unspecified atom stereocenters. The topological polar surface area (TPSA) is 69.7 Å². The number of halogens is 1. The van der Waals surface area contributed by atoms with Crippen molar-refractivity contribution in [1.29, 1.82) is 0 Å². The van der Waals surface area contributed by atoms with Crippen molar-refractivity contribution in [3.8, 4) is 0 Å². The smallest absolute Gasteiger partial charge is 0.327 e. The first-order chi connectivity index (χ1) is 10.3. The number of ketones is 1. The van der Waals surface area contributed by atoms with Gasteiger partial charge in [0, 0.05) is 9.74 Å². The maximum atomic E-state index is 13.1. The van der Waals surface area contributed by atoms with Gasteiger partial charge in [-0.1, -0.05) is 15.9 Å². The number of hydrogen-bond acceptors (Lipinski definition) is 5. The number of carbonyl (C=O) groups is 3. The van der Waals surface area contributed by atoms with E-state index in [1.807, 2.05) is 0 Å². The summed E-state index contributed by atoms with van der Waals surface area (Å²) in [7, 11) is 2.38. The Kier molecular flexibility index (Phi) is 3.86. The van der Waals surface area contributed by atoms with Crippen LogP contribution in [0.15, 0.2) is 0 Å². The molecule has 4 rings (SSSR count). The van der Waals surface area contributed by atoms with Crippen LogP contribution in [-0.4, -0.2) is 36.3 Å². The molecule has 0 aromatic carbocycles. The van der Waals surface area contributed by atoms with Gasteiger partial charge in [0.1, 0.15) is 0 Å². The largest absolute Gasteiger partial charge is 0.468 e. The van der Waals surface area contributed by atoms with Crippen LogP contribution in [0.4, 0.5) is 0 Å². The average molecular weight is 373 g/mol. The molecule has 4 bridgehead atoms. The number of esters is 2. The van der Waals surface area contributed by atoms with E-state index in [1.165, 1.54) is 14.2 Å². The summed E-state index contributed by atoms with van der Waals surface area (Å²) in [5, 5.41) is 0. The number of Topliss-reactive ketones (excluding diaryl/α,β-unsaturated/α-hetero) is 1. The third-order valence-electron chi connectivity index (χ3n) is 5.65. The van der Waals surface area contributed by atoms with Crippen LogP contribution in [0.3, 0.4) is 0 Å². The molecule has 0 radical (unpaired) electrons. The second-order valence-electron chi connectivity index (χ2n) is 7.24. The molecule has 0 N–H and O–H groups in total. The van der Waals surface area contributed by atoms with Crippen LogP contribution >= 0.6 is 15.9 Å². The molecule has 4 aliphatic rings. The second kappa shape index (κ2) is 5.32. The number of ether oxygens (including phenoxy) is 2. The standard InChI is InChI=1S/C16H21BrO5/c1-21-13(19)11(14(20)22-2)12(18)15-4-9-3-10(5-15)7-16(17,6-9)8-15/h9-11H,3-8H2,1-2H3/t9-,10+,15?,16?. The number of methoxy groups -OCH3 is 2. The molecule has 6 heteroatoms. The van der Waals surface area contributed by atoms with E-state index in [4.69, 9.17) is 0 Å². The van der Waals surface area contributed by atoms with Crippen LogP contribution in [0, 0.1) is 23.2 Å². The van der Waals surface area contributed by atoms with Crippen molar-refractivity contribution in [3.63, 3.8) is 0 Å². The lowest BCUT2D eigenvalue weighted by molar-refractivity contribution is -0.168. The Morgan fingerprint density at radius 1 is 1.00 bits per heavy atom. The van der Waals surface area contributed by atoms with Gasteiger partial charge >= 0.3 is 11.9 Å². The van der Waals surface area contributed by atoms with Gasteiger partial charge in [0.05, 0.1) is 14.2 Å². The van der Waals surface area contributed by atoms with Gasteiger partial charge in [-0.3, -0.25) is 14.4 Å². The van der Waals surface area contributed by atoms with Gasteiger partial charge in [0.2, 0.25) is 5.92 Å². The highest BCUT2D eigenvalue weighted by Gasteiger charge is 2.62. The number of carbonyl (C=O) groups excluding carboxylic acids is 3. The lowest BCUT2D eigenvalue weighted by Gasteiger charge is -2.59. The molecule has 4 saturated carbocycles. The zero-order valence-electron chi connectivity index (χ0n) is 12.9. The highest BCUT2D eigenvalue weighted by Crippen LogP contribution is 2.65. The molecule has 22 heavy (non-hydrogen) atoms. The first-order valence-electron chi connectivity index (χ1n) is 7.71. The zero-order chi connectivity index (χ0) is 16.1. The fraction of sp³-hybridized carbons (Fsp3) is 0.812. The molecule has 0 heterocycles. The van der Waals surface area contributed by atoms with Crippen molar-refractivity contribution in [2.75, 3.05) is 14.2 Å². The fourth-order valence-corrected chi connectivity index (χ4v) is 6.74. The molecule has 0 amide bonds. The van der Waals surface area contributed by atoms with Crippen molar-refractivity contribution in [2.45, 2.75) is 42.8 Å². The predicted octanol–water partition coefficient (Wildman–Crippen LogP) is 2.25.